The second kappa shape index (κ2) is 6.89. The molecule has 0 saturated carbocycles. The topological polar surface area (TPSA) is 32.7 Å². The van der Waals surface area contributed by atoms with Gasteiger partial charge in [0.15, 0.2) is 6.10 Å². The van der Waals surface area contributed by atoms with E-state index < -0.39 is 11.4 Å². The Hall–Kier alpha value is -0.920. The lowest BCUT2D eigenvalue weighted by atomic mass is 10.1. The van der Waals surface area contributed by atoms with Crippen LogP contribution < -0.4 is 4.74 Å². The predicted octanol–water partition coefficient (Wildman–Crippen LogP) is 3.44. The molecular weight excluding hydrogens is 316 g/mol. The van der Waals surface area contributed by atoms with Gasteiger partial charge in [-0.05, 0) is 42.3 Å². The summed E-state index contributed by atoms with van der Waals surface area (Å²) in [5.74, 6) is 0.550. The monoisotopic (exact) mass is 333 g/mol. The number of ether oxygens (including phenoxy) is 1. The second-order valence-corrected chi connectivity index (χ2v) is 6.58. The van der Waals surface area contributed by atoms with Crippen LogP contribution in [-0.2, 0) is 0 Å². The van der Waals surface area contributed by atoms with Gasteiger partial charge in [-0.3, -0.25) is 0 Å². The minimum absolute atomic E-state index is 0.137. The zero-order valence-corrected chi connectivity index (χ0v) is 13.2. The van der Waals surface area contributed by atoms with Crippen LogP contribution in [0, 0.1) is 0 Å². The molecule has 1 atom stereocenters. The number of thioether (sulfide) groups is 1. The molecule has 1 heterocycles. The SMILES string of the molecule is COc1ccc(C(O)C(F)(F)SC(=S)N2CCCC2)cc1. The minimum atomic E-state index is -3.37. The first-order valence-corrected chi connectivity index (χ1v) is 7.84. The van der Waals surface area contributed by atoms with Crippen LogP contribution in [0.3, 0.4) is 0 Å². The summed E-state index contributed by atoms with van der Waals surface area (Å²) in [6, 6.07) is 5.93. The molecule has 1 aliphatic rings. The molecule has 0 radical (unpaired) electrons. The molecule has 0 aliphatic carbocycles. The fourth-order valence-electron chi connectivity index (χ4n) is 2.12. The molecule has 1 saturated heterocycles. The summed E-state index contributed by atoms with van der Waals surface area (Å²) in [4.78, 5) is 1.76. The van der Waals surface area contributed by atoms with Crippen molar-refractivity contribution < 1.29 is 18.6 Å². The van der Waals surface area contributed by atoms with Crippen LogP contribution in [0.5, 0.6) is 5.75 Å². The van der Waals surface area contributed by atoms with Crippen LogP contribution in [0.25, 0.3) is 0 Å². The summed E-state index contributed by atoms with van der Waals surface area (Å²) in [6.07, 6.45) is 0.0228. The van der Waals surface area contributed by atoms with Gasteiger partial charge in [-0.25, -0.2) is 0 Å². The molecule has 3 nitrogen and oxygen atoms in total. The second-order valence-electron chi connectivity index (χ2n) is 4.80. The maximum atomic E-state index is 14.2. The summed E-state index contributed by atoms with van der Waals surface area (Å²) in [6.45, 7) is 1.42. The lowest BCUT2D eigenvalue weighted by molar-refractivity contribution is -0.0347. The molecule has 0 aromatic heterocycles. The van der Waals surface area contributed by atoms with E-state index in [0.717, 1.165) is 12.8 Å². The Morgan fingerprint density at radius 1 is 1.33 bits per heavy atom. The largest absolute Gasteiger partial charge is 0.497 e. The van der Waals surface area contributed by atoms with Gasteiger partial charge in [0.2, 0.25) is 0 Å². The van der Waals surface area contributed by atoms with E-state index in [-0.39, 0.29) is 21.6 Å². The number of aliphatic hydroxyl groups excluding tert-OH is 1. The first kappa shape index (κ1) is 16.5. The fourth-order valence-corrected chi connectivity index (χ4v) is 3.42. The average molecular weight is 333 g/mol. The number of alkyl halides is 2. The lowest BCUT2D eigenvalue weighted by Crippen LogP contribution is -2.30. The number of aliphatic hydroxyl groups is 1. The first-order chi connectivity index (χ1) is 9.94. The summed E-state index contributed by atoms with van der Waals surface area (Å²) >= 11 is 5.30. The molecule has 7 heteroatoms. The molecule has 1 aromatic rings. The lowest BCUT2D eigenvalue weighted by Gasteiger charge is -2.26. The van der Waals surface area contributed by atoms with Crippen molar-refractivity contribution in [2.45, 2.75) is 24.2 Å². The van der Waals surface area contributed by atoms with Crippen molar-refractivity contribution in [2.24, 2.45) is 0 Å². The Morgan fingerprint density at radius 3 is 2.43 bits per heavy atom. The Morgan fingerprint density at radius 2 is 1.90 bits per heavy atom. The Bertz CT molecular complexity index is 490. The number of benzene rings is 1. The van der Waals surface area contributed by atoms with Crippen molar-refractivity contribution in [1.29, 1.82) is 0 Å². The molecule has 2 rings (SSSR count). The number of hydrogen-bond donors (Lipinski definition) is 1. The van der Waals surface area contributed by atoms with Gasteiger partial charge in [-0.15, -0.1) is 0 Å². The predicted molar refractivity (Wildman–Crippen MR) is 83.9 cm³/mol. The number of likely N-dealkylation sites (tertiary alicyclic amines) is 1. The van der Waals surface area contributed by atoms with Crippen molar-refractivity contribution in [3.8, 4) is 5.75 Å². The van der Waals surface area contributed by atoms with E-state index in [9.17, 15) is 13.9 Å². The fraction of sp³-hybridized carbons (Fsp3) is 0.500. The number of rotatable bonds is 4. The number of nitrogens with zero attached hydrogens (tertiary/aromatic N) is 1. The van der Waals surface area contributed by atoms with Crippen LogP contribution >= 0.6 is 24.0 Å². The normalized spacial score (nSPS) is 16.9. The summed E-state index contributed by atoms with van der Waals surface area (Å²) < 4.78 is 33.4. The smallest absolute Gasteiger partial charge is 0.329 e. The van der Waals surface area contributed by atoms with E-state index >= 15 is 0 Å². The molecule has 0 amide bonds. The highest BCUT2D eigenvalue weighted by Crippen LogP contribution is 2.42. The van der Waals surface area contributed by atoms with E-state index in [0.29, 0.717) is 18.8 Å². The third kappa shape index (κ3) is 4.05. The highest BCUT2D eigenvalue weighted by atomic mass is 32.2. The van der Waals surface area contributed by atoms with E-state index in [1.807, 2.05) is 0 Å². The van der Waals surface area contributed by atoms with Gasteiger partial charge in [0.1, 0.15) is 10.1 Å². The first-order valence-electron chi connectivity index (χ1n) is 6.62. The van der Waals surface area contributed by atoms with Crippen molar-refractivity contribution in [3.63, 3.8) is 0 Å². The van der Waals surface area contributed by atoms with Gasteiger partial charge >= 0.3 is 5.25 Å². The summed E-state index contributed by atoms with van der Waals surface area (Å²) in [5.41, 5.74) is 0.137. The van der Waals surface area contributed by atoms with Crippen LogP contribution in [0.4, 0.5) is 8.78 Å². The third-order valence-electron chi connectivity index (χ3n) is 3.34. The maximum Gasteiger partial charge on any atom is 0.329 e. The van der Waals surface area contributed by atoms with E-state index in [2.05, 4.69) is 0 Å². The zero-order chi connectivity index (χ0) is 15.5. The maximum absolute atomic E-state index is 14.2. The minimum Gasteiger partial charge on any atom is -0.497 e. The van der Waals surface area contributed by atoms with Gasteiger partial charge in [-0.1, -0.05) is 24.4 Å². The van der Waals surface area contributed by atoms with Crippen LogP contribution in [0.2, 0.25) is 0 Å². The highest BCUT2D eigenvalue weighted by molar-refractivity contribution is 8.23. The van der Waals surface area contributed by atoms with Crippen molar-refractivity contribution in [2.75, 3.05) is 20.2 Å². The van der Waals surface area contributed by atoms with E-state index in [4.69, 9.17) is 17.0 Å². The van der Waals surface area contributed by atoms with Gasteiger partial charge in [0.25, 0.3) is 0 Å². The zero-order valence-electron chi connectivity index (χ0n) is 11.6. The molecule has 21 heavy (non-hydrogen) atoms. The average Bonchev–Trinajstić information content (AvgIpc) is 3.00. The Labute approximate surface area is 132 Å². The molecule has 1 N–H and O–H groups in total. The summed E-state index contributed by atoms with van der Waals surface area (Å²) in [5, 5.41) is 6.55. The molecule has 1 fully saturated rings. The molecule has 1 unspecified atom stereocenters. The van der Waals surface area contributed by atoms with Crippen LogP contribution in [-0.4, -0.2) is 39.8 Å². The van der Waals surface area contributed by atoms with Crippen molar-refractivity contribution >= 4 is 28.3 Å². The number of halogens is 2. The van der Waals surface area contributed by atoms with Crippen molar-refractivity contribution in [1.82, 2.24) is 4.90 Å². The van der Waals surface area contributed by atoms with Crippen molar-refractivity contribution in [3.05, 3.63) is 29.8 Å². The molecular formula is C14H17F2NO2S2. The number of thiocarbonyl (C=S) groups is 1. The Balaban J connectivity index is 2.04. The molecule has 1 aromatic carbocycles. The highest BCUT2D eigenvalue weighted by Gasteiger charge is 2.42. The summed E-state index contributed by atoms with van der Waals surface area (Å²) in [7, 11) is 1.49. The molecule has 0 bridgehead atoms. The number of methoxy groups -OCH3 is 1. The Kier molecular flexibility index (Phi) is 5.40. The third-order valence-corrected chi connectivity index (χ3v) is 4.77. The van der Waals surface area contributed by atoms with Gasteiger partial charge in [-0.2, -0.15) is 8.78 Å². The van der Waals surface area contributed by atoms with Gasteiger partial charge < -0.3 is 14.7 Å². The van der Waals surface area contributed by atoms with Gasteiger partial charge in [0, 0.05) is 13.1 Å². The molecule has 116 valence electrons. The quantitative estimate of drug-likeness (QED) is 0.854. The molecule has 0 spiro atoms. The number of hydrogen-bond acceptors (Lipinski definition) is 4. The standard InChI is InChI=1S/C14H17F2NO2S2/c1-19-11-6-4-10(5-7-11)12(18)14(15,16)21-13(20)17-8-2-3-9-17/h4-7,12,18H,2-3,8-9H2,1H3. The van der Waals surface area contributed by atoms with Gasteiger partial charge in [0.05, 0.1) is 7.11 Å². The van der Waals surface area contributed by atoms with Crippen LogP contribution in [0.15, 0.2) is 24.3 Å². The molecule has 1 aliphatic heterocycles. The van der Waals surface area contributed by atoms with Crippen LogP contribution in [0.1, 0.15) is 24.5 Å². The van der Waals surface area contributed by atoms with E-state index in [1.54, 1.807) is 4.90 Å². The van der Waals surface area contributed by atoms with E-state index in [1.165, 1.54) is 31.4 Å².